The van der Waals surface area contributed by atoms with Gasteiger partial charge in [0, 0.05) is 6.54 Å². The Morgan fingerprint density at radius 2 is 2.15 bits per heavy atom. The number of rotatable bonds is 5. The van der Waals surface area contributed by atoms with Gasteiger partial charge in [-0.2, -0.15) is 9.97 Å². The molecule has 6 nitrogen and oxygen atoms in total. The number of hydrazine groups is 1. The lowest BCUT2D eigenvalue weighted by molar-refractivity contribution is 0.785. The maximum atomic E-state index is 12.1. The van der Waals surface area contributed by atoms with Crippen LogP contribution in [0.3, 0.4) is 0 Å². The SMILES string of the molecule is C=CCNNc1nc(C)n(-c2ccccc2Cl)c(=O)n1. The third-order valence-corrected chi connectivity index (χ3v) is 2.84. The lowest BCUT2D eigenvalue weighted by Crippen LogP contribution is -2.30. The van der Waals surface area contributed by atoms with E-state index in [1.165, 1.54) is 4.57 Å². The minimum atomic E-state index is -0.450. The molecular weight excluding hydrogens is 278 g/mol. The number of hydrogen-bond donors (Lipinski definition) is 2. The average Bonchev–Trinajstić information content (AvgIpc) is 2.40. The lowest BCUT2D eigenvalue weighted by Gasteiger charge is -2.11. The molecule has 2 rings (SSSR count). The van der Waals surface area contributed by atoms with E-state index in [4.69, 9.17) is 11.6 Å². The van der Waals surface area contributed by atoms with E-state index in [9.17, 15) is 4.79 Å². The molecule has 0 unspecified atom stereocenters. The summed E-state index contributed by atoms with van der Waals surface area (Å²) in [5.41, 5.74) is 5.65. The van der Waals surface area contributed by atoms with E-state index in [-0.39, 0.29) is 5.95 Å². The van der Waals surface area contributed by atoms with Crippen LogP contribution in [0.4, 0.5) is 5.95 Å². The van der Waals surface area contributed by atoms with E-state index in [0.29, 0.717) is 23.1 Å². The van der Waals surface area contributed by atoms with E-state index in [2.05, 4.69) is 27.4 Å². The first kappa shape index (κ1) is 14.2. The zero-order valence-corrected chi connectivity index (χ0v) is 11.7. The van der Waals surface area contributed by atoms with Gasteiger partial charge < -0.3 is 0 Å². The zero-order chi connectivity index (χ0) is 14.5. The number of aryl methyl sites for hydroxylation is 1. The number of benzene rings is 1. The van der Waals surface area contributed by atoms with Crippen molar-refractivity contribution in [2.75, 3.05) is 12.0 Å². The van der Waals surface area contributed by atoms with E-state index < -0.39 is 5.69 Å². The summed E-state index contributed by atoms with van der Waals surface area (Å²) < 4.78 is 1.36. The molecule has 0 saturated heterocycles. The van der Waals surface area contributed by atoms with Crippen LogP contribution in [0.25, 0.3) is 5.69 Å². The highest BCUT2D eigenvalue weighted by Crippen LogP contribution is 2.18. The molecule has 7 heteroatoms. The number of nitrogens with zero attached hydrogens (tertiary/aromatic N) is 3. The van der Waals surface area contributed by atoms with Crippen LogP contribution in [0.15, 0.2) is 41.7 Å². The summed E-state index contributed by atoms with van der Waals surface area (Å²) in [7, 11) is 0. The van der Waals surface area contributed by atoms with Gasteiger partial charge in [0.15, 0.2) is 0 Å². The van der Waals surface area contributed by atoms with E-state index in [1.807, 2.05) is 0 Å². The topological polar surface area (TPSA) is 71.8 Å². The quantitative estimate of drug-likeness (QED) is 0.498. The Morgan fingerprint density at radius 3 is 2.80 bits per heavy atom. The van der Waals surface area contributed by atoms with Crippen LogP contribution in [0.1, 0.15) is 5.82 Å². The highest BCUT2D eigenvalue weighted by molar-refractivity contribution is 6.32. The second-order valence-electron chi connectivity index (χ2n) is 3.96. The summed E-state index contributed by atoms with van der Waals surface area (Å²) in [5.74, 6) is 0.693. The smallest absolute Gasteiger partial charge is 0.289 e. The average molecular weight is 292 g/mol. The van der Waals surface area contributed by atoms with Gasteiger partial charge in [-0.15, -0.1) is 6.58 Å². The van der Waals surface area contributed by atoms with Crippen LogP contribution in [-0.4, -0.2) is 21.1 Å². The molecule has 2 aromatic rings. The molecule has 0 aliphatic heterocycles. The van der Waals surface area contributed by atoms with Crippen LogP contribution in [0, 0.1) is 6.92 Å². The van der Waals surface area contributed by atoms with Crippen molar-refractivity contribution in [2.45, 2.75) is 6.92 Å². The minimum absolute atomic E-state index is 0.206. The van der Waals surface area contributed by atoms with Crippen LogP contribution >= 0.6 is 11.6 Å². The first-order valence-electron chi connectivity index (χ1n) is 5.96. The van der Waals surface area contributed by atoms with Gasteiger partial charge >= 0.3 is 5.69 Å². The standard InChI is InChI=1S/C13H14ClN5O/c1-3-8-15-18-12-16-9(2)19(13(20)17-12)11-7-5-4-6-10(11)14/h3-7,15H,1,8H2,2H3,(H,17,18,20). The number of para-hydroxylation sites is 1. The molecule has 1 heterocycles. The summed E-state index contributed by atoms with van der Waals surface area (Å²) in [4.78, 5) is 20.2. The summed E-state index contributed by atoms with van der Waals surface area (Å²) in [6.07, 6.45) is 1.67. The van der Waals surface area contributed by atoms with Gasteiger partial charge in [-0.25, -0.2) is 14.8 Å². The minimum Gasteiger partial charge on any atom is -0.289 e. The van der Waals surface area contributed by atoms with E-state index in [1.54, 1.807) is 37.3 Å². The van der Waals surface area contributed by atoms with Gasteiger partial charge in [-0.3, -0.25) is 5.43 Å². The molecule has 0 aliphatic rings. The van der Waals surface area contributed by atoms with Crippen molar-refractivity contribution >= 4 is 17.5 Å². The summed E-state index contributed by atoms with van der Waals surface area (Å²) in [6.45, 7) is 5.80. The van der Waals surface area contributed by atoms with Crippen molar-refractivity contribution in [3.8, 4) is 5.69 Å². The predicted molar refractivity (Wildman–Crippen MR) is 79.2 cm³/mol. The lowest BCUT2D eigenvalue weighted by atomic mass is 10.3. The molecule has 1 aromatic heterocycles. The Labute approximate surface area is 121 Å². The highest BCUT2D eigenvalue weighted by Gasteiger charge is 2.10. The van der Waals surface area contributed by atoms with Gasteiger partial charge in [0.25, 0.3) is 0 Å². The van der Waals surface area contributed by atoms with Crippen molar-refractivity contribution < 1.29 is 0 Å². The van der Waals surface area contributed by atoms with Crippen molar-refractivity contribution in [1.29, 1.82) is 0 Å². The number of anilines is 1. The van der Waals surface area contributed by atoms with Crippen molar-refractivity contribution in [2.24, 2.45) is 0 Å². The van der Waals surface area contributed by atoms with Crippen LogP contribution in [0.2, 0.25) is 5.02 Å². The van der Waals surface area contributed by atoms with Crippen LogP contribution in [-0.2, 0) is 0 Å². The summed E-state index contributed by atoms with van der Waals surface area (Å²) >= 11 is 6.09. The zero-order valence-electron chi connectivity index (χ0n) is 10.9. The molecule has 1 aromatic carbocycles. The Hall–Kier alpha value is -2.18. The molecule has 0 fully saturated rings. The Bertz CT molecular complexity index is 683. The Morgan fingerprint density at radius 1 is 1.40 bits per heavy atom. The monoisotopic (exact) mass is 291 g/mol. The molecule has 0 saturated carbocycles. The predicted octanol–water partition coefficient (Wildman–Crippen LogP) is 1.69. The second-order valence-corrected chi connectivity index (χ2v) is 4.37. The van der Waals surface area contributed by atoms with E-state index in [0.717, 1.165) is 0 Å². The van der Waals surface area contributed by atoms with E-state index >= 15 is 0 Å². The molecule has 20 heavy (non-hydrogen) atoms. The molecule has 0 radical (unpaired) electrons. The Balaban J connectivity index is 2.39. The molecule has 0 bridgehead atoms. The molecule has 0 amide bonds. The van der Waals surface area contributed by atoms with Crippen LogP contribution in [0.5, 0.6) is 0 Å². The van der Waals surface area contributed by atoms with Crippen molar-refractivity contribution in [3.05, 3.63) is 58.3 Å². The van der Waals surface area contributed by atoms with Gasteiger partial charge in [0.05, 0.1) is 10.7 Å². The molecule has 0 atom stereocenters. The molecule has 2 N–H and O–H groups in total. The first-order valence-corrected chi connectivity index (χ1v) is 6.33. The van der Waals surface area contributed by atoms with Crippen molar-refractivity contribution in [1.82, 2.24) is 20.0 Å². The number of aromatic nitrogens is 3. The summed E-state index contributed by atoms with van der Waals surface area (Å²) in [5, 5.41) is 0.465. The molecule has 104 valence electrons. The van der Waals surface area contributed by atoms with Gasteiger partial charge in [-0.05, 0) is 19.1 Å². The Kier molecular flexibility index (Phi) is 4.49. The third kappa shape index (κ3) is 3.04. The fourth-order valence-electron chi connectivity index (χ4n) is 1.68. The van der Waals surface area contributed by atoms with Gasteiger partial charge in [-0.1, -0.05) is 29.8 Å². The number of hydrogen-bond acceptors (Lipinski definition) is 5. The fraction of sp³-hybridized carbons (Fsp3) is 0.154. The first-order chi connectivity index (χ1) is 9.63. The largest absolute Gasteiger partial charge is 0.356 e. The normalized spacial score (nSPS) is 10.3. The maximum Gasteiger partial charge on any atom is 0.356 e. The van der Waals surface area contributed by atoms with Crippen LogP contribution < -0.4 is 16.5 Å². The second kappa shape index (κ2) is 6.31. The third-order valence-electron chi connectivity index (χ3n) is 2.52. The maximum absolute atomic E-state index is 12.1. The molecule has 0 aliphatic carbocycles. The van der Waals surface area contributed by atoms with Crippen molar-refractivity contribution in [3.63, 3.8) is 0 Å². The summed E-state index contributed by atoms with van der Waals surface area (Å²) in [6, 6.07) is 7.04. The van der Waals surface area contributed by atoms with Gasteiger partial charge in [0.1, 0.15) is 5.82 Å². The van der Waals surface area contributed by atoms with Gasteiger partial charge in [0.2, 0.25) is 5.95 Å². The highest BCUT2D eigenvalue weighted by atomic mass is 35.5. The number of nitrogens with one attached hydrogen (secondary N) is 2. The number of halogens is 1. The molecular formula is C13H14ClN5O. The fourth-order valence-corrected chi connectivity index (χ4v) is 1.90. The molecule has 0 spiro atoms.